The quantitative estimate of drug-likeness (QED) is 0.489. The Labute approximate surface area is 192 Å². The van der Waals surface area contributed by atoms with Crippen LogP contribution >= 0.6 is 0 Å². The Morgan fingerprint density at radius 3 is 2.58 bits per heavy atom. The molecule has 0 saturated carbocycles. The molecule has 33 heavy (non-hydrogen) atoms. The number of fused-ring (bicyclic) bond motifs is 2. The lowest BCUT2D eigenvalue weighted by molar-refractivity contribution is -0.128. The van der Waals surface area contributed by atoms with Crippen molar-refractivity contribution in [1.82, 2.24) is 10.3 Å². The molecule has 0 aliphatic carbocycles. The summed E-state index contributed by atoms with van der Waals surface area (Å²) in [6.07, 6.45) is 1.24. The molecule has 0 fully saturated rings. The van der Waals surface area contributed by atoms with Crippen LogP contribution in [0.15, 0.2) is 85.1 Å². The molecule has 4 aromatic rings. The second-order valence-electron chi connectivity index (χ2n) is 8.20. The van der Waals surface area contributed by atoms with Crippen molar-refractivity contribution < 1.29 is 14.3 Å². The number of nitrogens with one attached hydrogen (secondary N) is 2. The highest BCUT2D eigenvalue weighted by atomic mass is 16.5. The van der Waals surface area contributed by atoms with Gasteiger partial charge in [0.25, 0.3) is 5.91 Å². The van der Waals surface area contributed by atoms with E-state index in [0.29, 0.717) is 18.0 Å². The lowest BCUT2D eigenvalue weighted by Gasteiger charge is -2.33. The number of para-hydroxylation sites is 3. The average Bonchev–Trinajstić information content (AvgIpc) is 3.28. The van der Waals surface area contributed by atoms with E-state index in [-0.39, 0.29) is 24.3 Å². The van der Waals surface area contributed by atoms with Gasteiger partial charge in [0.2, 0.25) is 5.91 Å². The lowest BCUT2D eigenvalue weighted by Crippen LogP contribution is -2.50. The van der Waals surface area contributed by atoms with Crippen molar-refractivity contribution >= 4 is 28.4 Å². The molecular formula is C27H25N3O3. The average molecular weight is 440 g/mol. The summed E-state index contributed by atoms with van der Waals surface area (Å²) in [6.45, 7) is 2.09. The molecule has 0 unspecified atom stereocenters. The molecule has 5 rings (SSSR count). The van der Waals surface area contributed by atoms with Crippen LogP contribution in [0, 0.1) is 0 Å². The van der Waals surface area contributed by atoms with Gasteiger partial charge in [0.1, 0.15) is 5.75 Å². The Morgan fingerprint density at radius 1 is 1.03 bits per heavy atom. The molecule has 2 atom stereocenters. The van der Waals surface area contributed by atoms with Crippen molar-refractivity contribution in [3.63, 3.8) is 0 Å². The van der Waals surface area contributed by atoms with Gasteiger partial charge in [-0.1, -0.05) is 60.7 Å². The van der Waals surface area contributed by atoms with Crippen molar-refractivity contribution in [2.24, 2.45) is 0 Å². The maximum absolute atomic E-state index is 13.2. The number of nitrogens with zero attached hydrogens (tertiary/aromatic N) is 1. The molecule has 1 aliphatic rings. The van der Waals surface area contributed by atoms with E-state index < -0.39 is 6.10 Å². The van der Waals surface area contributed by atoms with Gasteiger partial charge in [0, 0.05) is 36.5 Å². The Kier molecular flexibility index (Phi) is 5.57. The van der Waals surface area contributed by atoms with E-state index in [1.54, 1.807) is 11.0 Å². The largest absolute Gasteiger partial charge is 0.477 e. The molecule has 6 nitrogen and oxygen atoms in total. The minimum absolute atomic E-state index is 0.0360. The van der Waals surface area contributed by atoms with Crippen molar-refractivity contribution in [1.29, 1.82) is 0 Å². The summed E-state index contributed by atoms with van der Waals surface area (Å²) in [5.74, 6) is 0.141. The van der Waals surface area contributed by atoms with Crippen molar-refractivity contribution in [2.75, 3.05) is 18.0 Å². The number of aromatic nitrogens is 1. The summed E-state index contributed by atoms with van der Waals surface area (Å²) < 4.78 is 5.96. The van der Waals surface area contributed by atoms with Crippen LogP contribution in [0.4, 0.5) is 5.69 Å². The number of benzene rings is 3. The Morgan fingerprint density at radius 2 is 1.76 bits per heavy atom. The normalized spacial score (nSPS) is 16.0. The molecule has 6 heteroatoms. The number of amides is 2. The molecule has 2 amide bonds. The van der Waals surface area contributed by atoms with E-state index >= 15 is 0 Å². The molecule has 1 aromatic heterocycles. The van der Waals surface area contributed by atoms with Crippen LogP contribution in [-0.2, 0) is 9.59 Å². The smallest absolute Gasteiger partial charge is 0.263 e. The third-order valence-electron chi connectivity index (χ3n) is 6.13. The molecule has 166 valence electrons. The second kappa shape index (κ2) is 8.82. The first-order chi connectivity index (χ1) is 16.1. The SMILES string of the molecule is CC(=O)N1C[C@H](C(=O)NC[C@H](c2ccccc2)c2c[nH]c3ccccc23)Oc2ccccc21. The number of ether oxygens (including phenoxy) is 1. The molecular weight excluding hydrogens is 414 g/mol. The predicted molar refractivity (Wildman–Crippen MR) is 128 cm³/mol. The fraction of sp³-hybridized carbons (Fsp3) is 0.185. The van der Waals surface area contributed by atoms with Crippen LogP contribution < -0.4 is 15.0 Å². The van der Waals surface area contributed by atoms with Gasteiger partial charge in [0.15, 0.2) is 6.10 Å². The zero-order chi connectivity index (χ0) is 22.8. The van der Waals surface area contributed by atoms with Gasteiger partial charge in [-0.3, -0.25) is 9.59 Å². The Hall–Kier alpha value is -4.06. The maximum atomic E-state index is 13.2. The number of anilines is 1. The topological polar surface area (TPSA) is 74.4 Å². The fourth-order valence-electron chi connectivity index (χ4n) is 4.46. The first-order valence-electron chi connectivity index (χ1n) is 11.0. The minimum Gasteiger partial charge on any atom is -0.477 e. The summed E-state index contributed by atoms with van der Waals surface area (Å²) in [5, 5.41) is 4.21. The van der Waals surface area contributed by atoms with Crippen LogP contribution in [-0.4, -0.2) is 36.0 Å². The van der Waals surface area contributed by atoms with E-state index in [0.717, 1.165) is 22.0 Å². The highest BCUT2D eigenvalue weighted by Gasteiger charge is 2.33. The molecule has 0 spiro atoms. The number of H-pyrrole nitrogens is 1. The highest BCUT2D eigenvalue weighted by molar-refractivity contribution is 5.96. The van der Waals surface area contributed by atoms with Gasteiger partial charge >= 0.3 is 0 Å². The summed E-state index contributed by atoms with van der Waals surface area (Å²) in [4.78, 5) is 30.3. The summed E-state index contributed by atoms with van der Waals surface area (Å²) in [7, 11) is 0. The standard InChI is InChI=1S/C27H25N3O3/c1-18(31)30-17-26(33-25-14-8-7-13-24(25)30)27(32)29-15-21(19-9-3-2-4-10-19)22-16-28-23-12-6-5-11-20(22)23/h2-14,16,21,26,28H,15,17H2,1H3,(H,29,32)/t21-,26-/m1/s1. The van der Waals surface area contributed by atoms with Gasteiger partial charge in [-0.05, 0) is 29.3 Å². The predicted octanol–water partition coefficient (Wildman–Crippen LogP) is 4.23. The summed E-state index contributed by atoms with van der Waals surface area (Å²) in [6, 6.07) is 25.6. The van der Waals surface area contributed by atoms with E-state index in [1.807, 2.05) is 60.8 Å². The van der Waals surface area contributed by atoms with Crippen LogP contribution in [0.5, 0.6) is 5.75 Å². The van der Waals surface area contributed by atoms with Crippen LogP contribution in [0.25, 0.3) is 10.9 Å². The minimum atomic E-state index is -0.775. The monoisotopic (exact) mass is 439 g/mol. The number of hydrogen-bond acceptors (Lipinski definition) is 3. The molecule has 3 aromatic carbocycles. The van der Waals surface area contributed by atoms with Crippen molar-refractivity contribution in [3.05, 3.63) is 96.2 Å². The van der Waals surface area contributed by atoms with E-state index in [2.05, 4.69) is 28.5 Å². The number of rotatable bonds is 5. The lowest BCUT2D eigenvalue weighted by atomic mass is 9.91. The number of carbonyl (C=O) groups excluding carboxylic acids is 2. The first-order valence-corrected chi connectivity index (χ1v) is 11.0. The van der Waals surface area contributed by atoms with E-state index in [9.17, 15) is 9.59 Å². The van der Waals surface area contributed by atoms with Crippen LogP contribution in [0.3, 0.4) is 0 Å². The molecule has 2 N–H and O–H groups in total. The second-order valence-corrected chi connectivity index (χ2v) is 8.20. The molecule has 2 heterocycles. The van der Waals surface area contributed by atoms with E-state index in [1.165, 1.54) is 6.92 Å². The first kappa shape index (κ1) is 20.8. The fourth-order valence-corrected chi connectivity index (χ4v) is 4.46. The Bertz CT molecular complexity index is 1300. The zero-order valence-electron chi connectivity index (χ0n) is 18.3. The third kappa shape index (κ3) is 4.07. The number of aromatic amines is 1. The van der Waals surface area contributed by atoms with Gasteiger partial charge in [-0.2, -0.15) is 0 Å². The van der Waals surface area contributed by atoms with Crippen molar-refractivity contribution in [3.8, 4) is 5.75 Å². The highest BCUT2D eigenvalue weighted by Crippen LogP contribution is 2.34. The number of carbonyl (C=O) groups is 2. The number of hydrogen-bond donors (Lipinski definition) is 2. The van der Waals surface area contributed by atoms with E-state index in [4.69, 9.17) is 4.74 Å². The van der Waals surface area contributed by atoms with Gasteiger partial charge in [-0.15, -0.1) is 0 Å². The summed E-state index contributed by atoms with van der Waals surface area (Å²) in [5.41, 5.74) is 3.99. The van der Waals surface area contributed by atoms with Gasteiger partial charge in [0.05, 0.1) is 12.2 Å². The Balaban J connectivity index is 1.39. The van der Waals surface area contributed by atoms with Crippen LogP contribution in [0.1, 0.15) is 24.0 Å². The molecule has 1 aliphatic heterocycles. The molecule has 0 bridgehead atoms. The van der Waals surface area contributed by atoms with Gasteiger partial charge < -0.3 is 19.9 Å². The zero-order valence-corrected chi connectivity index (χ0v) is 18.3. The van der Waals surface area contributed by atoms with Gasteiger partial charge in [-0.25, -0.2) is 0 Å². The van der Waals surface area contributed by atoms with Crippen LogP contribution in [0.2, 0.25) is 0 Å². The maximum Gasteiger partial charge on any atom is 0.263 e. The summed E-state index contributed by atoms with van der Waals surface area (Å²) >= 11 is 0. The van der Waals surface area contributed by atoms with Crippen molar-refractivity contribution in [2.45, 2.75) is 18.9 Å². The molecule has 0 saturated heterocycles. The third-order valence-corrected chi connectivity index (χ3v) is 6.13. The molecule has 0 radical (unpaired) electrons.